The number of benzene rings is 2. The second-order valence-corrected chi connectivity index (χ2v) is 4.67. The van der Waals surface area contributed by atoms with Gasteiger partial charge >= 0.3 is 0 Å². The topological polar surface area (TPSA) is 74.8 Å². The number of carbonyl (C=O) groups is 1. The van der Waals surface area contributed by atoms with Gasteiger partial charge in [-0.2, -0.15) is 0 Å². The van der Waals surface area contributed by atoms with Crippen LogP contribution in [-0.4, -0.2) is 15.9 Å². The summed E-state index contributed by atoms with van der Waals surface area (Å²) in [5.41, 5.74) is 1.90. The van der Waals surface area contributed by atoms with Crippen LogP contribution >= 0.6 is 0 Å². The molecule has 0 saturated heterocycles. The average Bonchev–Trinajstić information content (AvgIpc) is 2.49. The van der Waals surface area contributed by atoms with E-state index in [1.54, 1.807) is 18.2 Å². The molecule has 0 radical (unpaired) electrons. The molecule has 2 aromatic carbocycles. The van der Waals surface area contributed by atoms with Crippen molar-refractivity contribution in [2.75, 3.05) is 5.32 Å². The van der Waals surface area contributed by atoms with Gasteiger partial charge in [-0.05, 0) is 23.8 Å². The lowest BCUT2D eigenvalue weighted by Crippen LogP contribution is -2.15. The quantitative estimate of drug-likeness (QED) is 0.771. The lowest BCUT2D eigenvalue weighted by Gasteiger charge is -2.06. The molecule has 0 aliphatic rings. The molecule has 5 heteroatoms. The fourth-order valence-electron chi connectivity index (χ4n) is 2.13. The largest absolute Gasteiger partial charge is 0.326 e. The number of amides is 1. The minimum Gasteiger partial charge on any atom is -0.326 e. The number of hydrogen-bond donors (Lipinski definition) is 2. The number of H-pyrrole nitrogens is 1. The molecule has 0 saturated carbocycles. The van der Waals surface area contributed by atoms with E-state index in [2.05, 4.69) is 15.3 Å². The smallest absolute Gasteiger partial charge is 0.258 e. The summed E-state index contributed by atoms with van der Waals surface area (Å²) in [5.74, 6) is -0.124. The van der Waals surface area contributed by atoms with E-state index in [0.717, 1.165) is 5.56 Å². The molecule has 0 fully saturated rings. The number of nitrogens with zero attached hydrogens (tertiary/aromatic N) is 1. The van der Waals surface area contributed by atoms with Crippen molar-refractivity contribution in [1.29, 1.82) is 0 Å². The van der Waals surface area contributed by atoms with Gasteiger partial charge in [0.05, 0.1) is 23.7 Å². The predicted octanol–water partition coefficient (Wildman–Crippen LogP) is 2.10. The molecule has 1 aromatic heterocycles. The highest BCUT2D eigenvalue weighted by Gasteiger charge is 2.06. The zero-order valence-electron chi connectivity index (χ0n) is 11.2. The van der Waals surface area contributed by atoms with Gasteiger partial charge in [0.15, 0.2) is 0 Å². The van der Waals surface area contributed by atoms with Crippen molar-refractivity contribution in [2.45, 2.75) is 6.42 Å². The number of aromatic amines is 1. The predicted molar refractivity (Wildman–Crippen MR) is 81.1 cm³/mol. The Hall–Kier alpha value is -2.95. The number of rotatable bonds is 3. The lowest BCUT2D eigenvalue weighted by atomic mass is 10.1. The highest BCUT2D eigenvalue weighted by Crippen LogP contribution is 2.14. The van der Waals surface area contributed by atoms with Crippen LogP contribution in [0.4, 0.5) is 5.69 Å². The van der Waals surface area contributed by atoms with E-state index in [0.29, 0.717) is 23.0 Å². The van der Waals surface area contributed by atoms with Gasteiger partial charge in [-0.1, -0.05) is 30.3 Å². The first-order valence-electron chi connectivity index (χ1n) is 6.53. The Bertz CT molecular complexity index is 841. The van der Waals surface area contributed by atoms with Gasteiger partial charge < -0.3 is 10.3 Å². The molecule has 0 aliphatic heterocycles. The SMILES string of the molecule is O=C(Cc1ccccc1)Nc1ccc2nc[nH]c(=O)c2c1. The Morgan fingerprint density at radius 3 is 2.76 bits per heavy atom. The second kappa shape index (κ2) is 5.58. The normalized spacial score (nSPS) is 10.5. The number of anilines is 1. The van der Waals surface area contributed by atoms with E-state index in [1.807, 2.05) is 30.3 Å². The zero-order chi connectivity index (χ0) is 14.7. The molecular weight excluding hydrogens is 266 g/mol. The molecule has 0 aliphatic carbocycles. The summed E-state index contributed by atoms with van der Waals surface area (Å²) < 4.78 is 0. The standard InChI is InChI=1S/C16H13N3O2/c20-15(8-11-4-2-1-3-5-11)19-12-6-7-14-13(9-12)16(21)18-10-17-14/h1-7,9-10H,8H2,(H,19,20)(H,17,18,21). The fraction of sp³-hybridized carbons (Fsp3) is 0.0625. The molecule has 104 valence electrons. The number of nitrogens with one attached hydrogen (secondary N) is 2. The van der Waals surface area contributed by atoms with Crippen LogP contribution in [0.2, 0.25) is 0 Å². The Labute approximate surface area is 120 Å². The molecular formula is C16H13N3O2. The summed E-state index contributed by atoms with van der Waals surface area (Å²) in [6.07, 6.45) is 1.65. The summed E-state index contributed by atoms with van der Waals surface area (Å²) in [5, 5.41) is 3.24. The fourth-order valence-corrected chi connectivity index (χ4v) is 2.13. The summed E-state index contributed by atoms with van der Waals surface area (Å²) in [6.45, 7) is 0. The van der Waals surface area contributed by atoms with E-state index in [9.17, 15) is 9.59 Å². The highest BCUT2D eigenvalue weighted by molar-refractivity contribution is 5.94. The van der Waals surface area contributed by atoms with Crippen LogP contribution < -0.4 is 10.9 Å². The van der Waals surface area contributed by atoms with Crippen LogP contribution in [0.1, 0.15) is 5.56 Å². The molecule has 5 nitrogen and oxygen atoms in total. The number of hydrogen-bond acceptors (Lipinski definition) is 3. The van der Waals surface area contributed by atoms with Gasteiger partial charge in [0.2, 0.25) is 5.91 Å². The minimum absolute atomic E-state index is 0.124. The highest BCUT2D eigenvalue weighted by atomic mass is 16.1. The van der Waals surface area contributed by atoms with Crippen LogP contribution in [0.25, 0.3) is 10.9 Å². The summed E-state index contributed by atoms with van der Waals surface area (Å²) in [7, 11) is 0. The van der Waals surface area contributed by atoms with Gasteiger partial charge in [-0.3, -0.25) is 9.59 Å². The van der Waals surface area contributed by atoms with Crippen molar-refractivity contribution in [2.24, 2.45) is 0 Å². The summed E-state index contributed by atoms with van der Waals surface area (Å²) in [6, 6.07) is 14.6. The molecule has 1 amide bonds. The molecule has 3 aromatic rings. The van der Waals surface area contributed by atoms with Crippen LogP contribution in [-0.2, 0) is 11.2 Å². The minimum atomic E-state index is -0.223. The maximum atomic E-state index is 12.0. The molecule has 21 heavy (non-hydrogen) atoms. The first kappa shape index (κ1) is 13.1. The molecule has 0 bridgehead atoms. The van der Waals surface area contributed by atoms with Gasteiger partial charge in [-0.15, -0.1) is 0 Å². The Morgan fingerprint density at radius 1 is 1.14 bits per heavy atom. The number of aromatic nitrogens is 2. The Balaban J connectivity index is 1.80. The third-order valence-electron chi connectivity index (χ3n) is 3.13. The van der Waals surface area contributed by atoms with E-state index >= 15 is 0 Å². The van der Waals surface area contributed by atoms with E-state index in [-0.39, 0.29) is 11.5 Å². The maximum Gasteiger partial charge on any atom is 0.258 e. The van der Waals surface area contributed by atoms with Gasteiger partial charge in [0.25, 0.3) is 5.56 Å². The third-order valence-corrected chi connectivity index (χ3v) is 3.13. The van der Waals surface area contributed by atoms with Crippen LogP contribution in [0, 0.1) is 0 Å². The first-order chi connectivity index (χ1) is 10.2. The Kier molecular flexibility index (Phi) is 3.47. The van der Waals surface area contributed by atoms with Crippen molar-refractivity contribution in [3.63, 3.8) is 0 Å². The van der Waals surface area contributed by atoms with E-state index in [4.69, 9.17) is 0 Å². The molecule has 0 unspecified atom stereocenters. The van der Waals surface area contributed by atoms with Crippen LogP contribution in [0.15, 0.2) is 59.7 Å². The third kappa shape index (κ3) is 2.97. The zero-order valence-corrected chi connectivity index (χ0v) is 11.2. The van der Waals surface area contributed by atoms with E-state index in [1.165, 1.54) is 6.33 Å². The van der Waals surface area contributed by atoms with Crippen molar-refractivity contribution < 1.29 is 4.79 Å². The van der Waals surface area contributed by atoms with Crippen molar-refractivity contribution in [3.8, 4) is 0 Å². The molecule has 0 spiro atoms. The molecule has 3 rings (SSSR count). The summed E-state index contributed by atoms with van der Waals surface area (Å²) in [4.78, 5) is 30.3. The monoisotopic (exact) mass is 279 g/mol. The first-order valence-corrected chi connectivity index (χ1v) is 6.53. The van der Waals surface area contributed by atoms with Crippen molar-refractivity contribution >= 4 is 22.5 Å². The second-order valence-electron chi connectivity index (χ2n) is 4.67. The van der Waals surface area contributed by atoms with Gasteiger partial charge in [0, 0.05) is 5.69 Å². The molecule has 0 atom stereocenters. The van der Waals surface area contributed by atoms with E-state index < -0.39 is 0 Å². The average molecular weight is 279 g/mol. The van der Waals surface area contributed by atoms with Crippen LogP contribution in [0.3, 0.4) is 0 Å². The van der Waals surface area contributed by atoms with Crippen LogP contribution in [0.5, 0.6) is 0 Å². The number of carbonyl (C=O) groups excluding carboxylic acids is 1. The van der Waals surface area contributed by atoms with Crippen molar-refractivity contribution in [1.82, 2.24) is 9.97 Å². The van der Waals surface area contributed by atoms with Gasteiger partial charge in [0.1, 0.15) is 0 Å². The Morgan fingerprint density at radius 2 is 1.95 bits per heavy atom. The molecule has 2 N–H and O–H groups in total. The lowest BCUT2D eigenvalue weighted by molar-refractivity contribution is -0.115. The van der Waals surface area contributed by atoms with Gasteiger partial charge in [-0.25, -0.2) is 4.98 Å². The maximum absolute atomic E-state index is 12.0. The number of fused-ring (bicyclic) bond motifs is 1. The van der Waals surface area contributed by atoms with Crippen molar-refractivity contribution in [3.05, 3.63) is 70.8 Å². The summed E-state index contributed by atoms with van der Waals surface area (Å²) >= 11 is 0. The molecule has 1 heterocycles.